The van der Waals surface area contributed by atoms with E-state index in [2.05, 4.69) is 59.4 Å². The summed E-state index contributed by atoms with van der Waals surface area (Å²) in [4.78, 5) is 2.16. The highest BCUT2D eigenvalue weighted by Crippen LogP contribution is 2.28. The van der Waals surface area contributed by atoms with Gasteiger partial charge in [-0.1, -0.05) is 31.2 Å². The molecule has 0 atom stereocenters. The summed E-state index contributed by atoms with van der Waals surface area (Å²) in [6.45, 7) is 3.00. The number of hydrogen-bond donors (Lipinski definition) is 2. The lowest BCUT2D eigenvalue weighted by Crippen LogP contribution is -2.17. The second kappa shape index (κ2) is 5.48. The molecule has 0 aliphatic rings. The molecule has 108 valence electrons. The Morgan fingerprint density at radius 2 is 1.86 bits per heavy atom. The van der Waals surface area contributed by atoms with Crippen LogP contribution in [0, 0.1) is 0 Å². The highest BCUT2D eigenvalue weighted by atomic mass is 15.1. The third-order valence-corrected chi connectivity index (χ3v) is 3.85. The molecule has 0 unspecified atom stereocenters. The molecule has 4 heteroatoms. The number of anilines is 2. The number of benzene rings is 2. The van der Waals surface area contributed by atoms with Crippen LogP contribution in [-0.2, 0) is 13.0 Å². The summed E-state index contributed by atoms with van der Waals surface area (Å²) < 4.78 is 0. The normalized spacial score (nSPS) is 11.0. The van der Waals surface area contributed by atoms with E-state index in [0.717, 1.165) is 35.2 Å². The SMILES string of the molecule is CCc1ccc(CN(C)c2cc3[nH]ncc3cc2N)cc1. The topological polar surface area (TPSA) is 57.9 Å². The average molecular weight is 280 g/mol. The molecule has 1 aromatic heterocycles. The third kappa shape index (κ3) is 2.70. The van der Waals surface area contributed by atoms with Crippen molar-refractivity contribution in [1.29, 1.82) is 0 Å². The molecule has 0 bridgehead atoms. The monoisotopic (exact) mass is 280 g/mol. The van der Waals surface area contributed by atoms with Crippen LogP contribution in [0.4, 0.5) is 11.4 Å². The van der Waals surface area contributed by atoms with E-state index in [4.69, 9.17) is 5.73 Å². The third-order valence-electron chi connectivity index (χ3n) is 3.85. The predicted molar refractivity (Wildman–Crippen MR) is 88.4 cm³/mol. The van der Waals surface area contributed by atoms with E-state index < -0.39 is 0 Å². The summed E-state index contributed by atoms with van der Waals surface area (Å²) in [7, 11) is 2.06. The summed E-state index contributed by atoms with van der Waals surface area (Å²) in [5.74, 6) is 0. The molecule has 3 N–H and O–H groups in total. The molecular formula is C17H20N4. The number of nitrogen functional groups attached to an aromatic ring is 1. The van der Waals surface area contributed by atoms with E-state index in [1.54, 1.807) is 6.20 Å². The number of hydrogen-bond acceptors (Lipinski definition) is 3. The lowest BCUT2D eigenvalue weighted by Gasteiger charge is -2.21. The number of fused-ring (bicyclic) bond motifs is 1. The molecule has 2 aromatic carbocycles. The van der Waals surface area contributed by atoms with Crippen LogP contribution in [-0.4, -0.2) is 17.2 Å². The number of aromatic amines is 1. The van der Waals surface area contributed by atoms with E-state index in [0.29, 0.717) is 0 Å². The lowest BCUT2D eigenvalue weighted by molar-refractivity contribution is 0.923. The molecule has 0 saturated carbocycles. The molecule has 21 heavy (non-hydrogen) atoms. The van der Waals surface area contributed by atoms with Crippen molar-refractivity contribution in [1.82, 2.24) is 10.2 Å². The molecule has 0 radical (unpaired) electrons. The van der Waals surface area contributed by atoms with Crippen LogP contribution in [0.25, 0.3) is 10.9 Å². The fourth-order valence-corrected chi connectivity index (χ4v) is 2.57. The zero-order chi connectivity index (χ0) is 14.8. The predicted octanol–water partition coefficient (Wildman–Crippen LogP) is 3.34. The standard InChI is InChI=1S/C17H20N4/c1-3-12-4-6-13(7-5-12)11-21(2)17-9-16-14(8-15(17)18)10-19-20-16/h4-10H,3,11,18H2,1-2H3,(H,19,20). The largest absolute Gasteiger partial charge is 0.397 e. The molecule has 0 aliphatic carbocycles. The molecule has 3 rings (SSSR count). The maximum Gasteiger partial charge on any atom is 0.0672 e. The van der Waals surface area contributed by atoms with Crippen LogP contribution in [0.5, 0.6) is 0 Å². The van der Waals surface area contributed by atoms with Crippen molar-refractivity contribution in [3.8, 4) is 0 Å². The molecule has 0 spiro atoms. The van der Waals surface area contributed by atoms with Gasteiger partial charge in [0.1, 0.15) is 0 Å². The Hall–Kier alpha value is -2.49. The van der Waals surface area contributed by atoms with Crippen molar-refractivity contribution < 1.29 is 0 Å². The number of aryl methyl sites for hydroxylation is 1. The van der Waals surface area contributed by atoms with Crippen LogP contribution in [0.2, 0.25) is 0 Å². The van der Waals surface area contributed by atoms with Gasteiger partial charge < -0.3 is 10.6 Å². The molecule has 0 amide bonds. The van der Waals surface area contributed by atoms with E-state index in [9.17, 15) is 0 Å². The fraction of sp³-hybridized carbons (Fsp3) is 0.235. The average Bonchev–Trinajstić information content (AvgIpc) is 2.94. The molecule has 0 aliphatic heterocycles. The van der Waals surface area contributed by atoms with Crippen molar-refractivity contribution in [2.45, 2.75) is 19.9 Å². The summed E-state index contributed by atoms with van der Waals surface area (Å²) in [5.41, 5.74) is 11.6. The van der Waals surface area contributed by atoms with Gasteiger partial charge in [0, 0.05) is 19.0 Å². The second-order valence-electron chi connectivity index (χ2n) is 5.39. The zero-order valence-corrected chi connectivity index (χ0v) is 12.4. The second-order valence-corrected chi connectivity index (χ2v) is 5.39. The van der Waals surface area contributed by atoms with Gasteiger partial charge in [0.05, 0.1) is 23.1 Å². The minimum atomic E-state index is 0.775. The van der Waals surface area contributed by atoms with Crippen molar-refractivity contribution >= 4 is 22.3 Å². The quantitative estimate of drug-likeness (QED) is 0.721. The van der Waals surface area contributed by atoms with E-state index in [1.165, 1.54) is 11.1 Å². The van der Waals surface area contributed by atoms with Crippen molar-refractivity contribution in [3.05, 3.63) is 53.7 Å². The van der Waals surface area contributed by atoms with Crippen molar-refractivity contribution in [3.63, 3.8) is 0 Å². The molecular weight excluding hydrogens is 260 g/mol. The molecule has 0 saturated heterocycles. The van der Waals surface area contributed by atoms with Crippen LogP contribution < -0.4 is 10.6 Å². The van der Waals surface area contributed by atoms with Gasteiger partial charge in [-0.3, -0.25) is 5.10 Å². The van der Waals surface area contributed by atoms with E-state index in [1.807, 2.05) is 6.07 Å². The van der Waals surface area contributed by atoms with Crippen LogP contribution in [0.3, 0.4) is 0 Å². The van der Waals surface area contributed by atoms with Crippen LogP contribution in [0.1, 0.15) is 18.1 Å². The molecule has 3 aromatic rings. The highest BCUT2D eigenvalue weighted by Gasteiger charge is 2.09. The lowest BCUT2D eigenvalue weighted by atomic mass is 10.1. The molecule has 1 heterocycles. The molecule has 4 nitrogen and oxygen atoms in total. The van der Waals surface area contributed by atoms with Crippen molar-refractivity contribution in [2.75, 3.05) is 17.7 Å². The number of nitrogens with two attached hydrogens (primary N) is 1. The summed E-state index contributed by atoms with van der Waals surface area (Å²) in [6.07, 6.45) is 2.86. The number of nitrogens with zero attached hydrogens (tertiary/aromatic N) is 2. The highest BCUT2D eigenvalue weighted by molar-refractivity contribution is 5.88. The maximum absolute atomic E-state index is 6.16. The van der Waals surface area contributed by atoms with E-state index in [-0.39, 0.29) is 0 Å². The number of nitrogens with one attached hydrogen (secondary N) is 1. The maximum atomic E-state index is 6.16. The number of aromatic nitrogens is 2. The fourth-order valence-electron chi connectivity index (χ4n) is 2.57. The first kappa shape index (κ1) is 13.5. The first-order valence-electron chi connectivity index (χ1n) is 7.19. The number of H-pyrrole nitrogens is 1. The van der Waals surface area contributed by atoms with Gasteiger partial charge in [-0.2, -0.15) is 5.10 Å². The Morgan fingerprint density at radius 3 is 2.57 bits per heavy atom. The van der Waals surface area contributed by atoms with Crippen LogP contribution >= 0.6 is 0 Å². The Labute approximate surface area is 124 Å². The Balaban J connectivity index is 1.85. The Morgan fingerprint density at radius 1 is 1.14 bits per heavy atom. The Kier molecular flexibility index (Phi) is 3.52. The van der Waals surface area contributed by atoms with Gasteiger partial charge in [-0.15, -0.1) is 0 Å². The minimum absolute atomic E-state index is 0.775. The first-order valence-corrected chi connectivity index (χ1v) is 7.19. The van der Waals surface area contributed by atoms with Gasteiger partial charge in [-0.25, -0.2) is 0 Å². The van der Waals surface area contributed by atoms with Crippen LogP contribution in [0.15, 0.2) is 42.6 Å². The van der Waals surface area contributed by atoms with Gasteiger partial charge in [0.2, 0.25) is 0 Å². The minimum Gasteiger partial charge on any atom is -0.397 e. The summed E-state index contributed by atoms with van der Waals surface area (Å²) >= 11 is 0. The smallest absolute Gasteiger partial charge is 0.0672 e. The Bertz CT molecular complexity index is 743. The summed E-state index contributed by atoms with van der Waals surface area (Å²) in [5, 5.41) is 8.07. The summed E-state index contributed by atoms with van der Waals surface area (Å²) in [6, 6.07) is 12.7. The zero-order valence-electron chi connectivity index (χ0n) is 12.4. The molecule has 0 fully saturated rings. The number of rotatable bonds is 4. The van der Waals surface area contributed by atoms with Gasteiger partial charge in [0.25, 0.3) is 0 Å². The van der Waals surface area contributed by atoms with Gasteiger partial charge in [-0.05, 0) is 29.7 Å². The van der Waals surface area contributed by atoms with Gasteiger partial charge in [0.15, 0.2) is 0 Å². The van der Waals surface area contributed by atoms with Crippen molar-refractivity contribution in [2.24, 2.45) is 0 Å². The first-order chi connectivity index (χ1) is 10.2. The van der Waals surface area contributed by atoms with Gasteiger partial charge >= 0.3 is 0 Å². The van der Waals surface area contributed by atoms with E-state index >= 15 is 0 Å².